The van der Waals surface area contributed by atoms with Crippen molar-refractivity contribution in [3.05, 3.63) is 76.4 Å². The molecule has 1 saturated carbocycles. The molecule has 26 heavy (non-hydrogen) atoms. The van der Waals surface area contributed by atoms with Crippen LogP contribution in [0.25, 0.3) is 0 Å². The van der Waals surface area contributed by atoms with Gasteiger partial charge in [-0.15, -0.1) is 0 Å². The Bertz CT molecular complexity index is 905. The average Bonchev–Trinajstić information content (AvgIpc) is 3.08. The Hall–Kier alpha value is -2.37. The van der Waals surface area contributed by atoms with Gasteiger partial charge in [-0.2, -0.15) is 4.98 Å². The van der Waals surface area contributed by atoms with Gasteiger partial charge < -0.3 is 15.0 Å². The highest BCUT2D eigenvalue weighted by molar-refractivity contribution is 6.31. The minimum atomic E-state index is -0.401. The monoisotopic (exact) mass is 369 g/mol. The van der Waals surface area contributed by atoms with E-state index in [0.717, 1.165) is 36.1 Å². The van der Waals surface area contributed by atoms with Crippen LogP contribution in [0, 0.1) is 0 Å². The first-order chi connectivity index (χ1) is 12.6. The first-order valence-electron chi connectivity index (χ1n) is 8.69. The smallest absolute Gasteiger partial charge is 0.231 e. The van der Waals surface area contributed by atoms with E-state index in [1.807, 2.05) is 48.5 Å². The first-order valence-corrected chi connectivity index (χ1v) is 9.07. The fraction of sp³-hybridized carbons (Fsp3) is 0.300. The Labute approximate surface area is 157 Å². The van der Waals surface area contributed by atoms with Crippen molar-refractivity contribution in [3.8, 4) is 5.75 Å². The standard InChI is InChI=1S/C20H20ClN3O2/c21-17-8-2-1-6-15(17)13-25-16-7-3-5-14(11-16)12-18-23-19(24-26-18)20(22)9-4-10-20/h1-3,5-8,11H,4,9-10,12-13,22H2. The van der Waals surface area contributed by atoms with Crippen LogP contribution in [-0.4, -0.2) is 10.1 Å². The van der Waals surface area contributed by atoms with E-state index in [1.165, 1.54) is 0 Å². The van der Waals surface area contributed by atoms with E-state index in [-0.39, 0.29) is 0 Å². The summed E-state index contributed by atoms with van der Waals surface area (Å²) in [5.41, 5.74) is 7.84. The van der Waals surface area contributed by atoms with E-state index in [0.29, 0.717) is 29.8 Å². The van der Waals surface area contributed by atoms with Gasteiger partial charge in [-0.1, -0.05) is 47.1 Å². The van der Waals surface area contributed by atoms with Crippen LogP contribution >= 0.6 is 11.6 Å². The summed E-state index contributed by atoms with van der Waals surface area (Å²) in [7, 11) is 0. The second kappa shape index (κ2) is 7.09. The van der Waals surface area contributed by atoms with E-state index in [1.54, 1.807) is 0 Å². The van der Waals surface area contributed by atoms with Crippen molar-refractivity contribution in [2.75, 3.05) is 0 Å². The van der Waals surface area contributed by atoms with Crippen LogP contribution in [0.15, 0.2) is 53.1 Å². The van der Waals surface area contributed by atoms with Gasteiger partial charge in [0, 0.05) is 10.6 Å². The van der Waals surface area contributed by atoms with Crippen LogP contribution in [0.1, 0.15) is 42.1 Å². The Balaban J connectivity index is 1.42. The van der Waals surface area contributed by atoms with Gasteiger partial charge in [-0.05, 0) is 43.0 Å². The predicted molar refractivity (Wildman–Crippen MR) is 99.0 cm³/mol. The van der Waals surface area contributed by atoms with Crippen molar-refractivity contribution in [3.63, 3.8) is 0 Å². The molecule has 134 valence electrons. The summed E-state index contributed by atoms with van der Waals surface area (Å²) in [5.74, 6) is 1.96. The number of hydrogen-bond acceptors (Lipinski definition) is 5. The number of halogens is 1. The lowest BCUT2D eigenvalue weighted by Gasteiger charge is -2.34. The molecular weight excluding hydrogens is 350 g/mol. The summed E-state index contributed by atoms with van der Waals surface area (Å²) in [6.07, 6.45) is 3.49. The Morgan fingerprint density at radius 1 is 1.15 bits per heavy atom. The first kappa shape index (κ1) is 17.1. The molecule has 0 aliphatic heterocycles. The SMILES string of the molecule is NC1(c2noc(Cc3cccc(OCc4ccccc4Cl)c3)n2)CCC1. The zero-order valence-electron chi connectivity index (χ0n) is 14.3. The third kappa shape index (κ3) is 3.59. The molecule has 5 nitrogen and oxygen atoms in total. The molecule has 3 aromatic rings. The molecule has 1 heterocycles. The van der Waals surface area contributed by atoms with Crippen LogP contribution in [0.3, 0.4) is 0 Å². The molecule has 0 atom stereocenters. The molecule has 1 fully saturated rings. The Kier molecular flexibility index (Phi) is 4.66. The summed E-state index contributed by atoms with van der Waals surface area (Å²) in [4.78, 5) is 4.47. The molecule has 0 radical (unpaired) electrons. The number of ether oxygens (including phenoxy) is 1. The summed E-state index contributed by atoms with van der Waals surface area (Å²) in [5, 5.41) is 4.76. The van der Waals surface area contributed by atoms with Crippen LogP contribution in [0.2, 0.25) is 5.02 Å². The molecule has 0 saturated heterocycles. The third-order valence-corrected chi connectivity index (χ3v) is 5.13. The third-order valence-electron chi connectivity index (χ3n) is 4.77. The summed E-state index contributed by atoms with van der Waals surface area (Å²) in [6, 6.07) is 15.5. The Morgan fingerprint density at radius 3 is 2.77 bits per heavy atom. The average molecular weight is 370 g/mol. The van der Waals surface area contributed by atoms with Crippen molar-refractivity contribution >= 4 is 11.6 Å². The molecular formula is C20H20ClN3O2. The normalized spacial score (nSPS) is 15.5. The number of nitrogens with two attached hydrogens (primary N) is 1. The fourth-order valence-corrected chi connectivity index (χ4v) is 3.20. The minimum absolute atomic E-state index is 0.401. The lowest BCUT2D eigenvalue weighted by Crippen LogP contribution is -2.44. The van der Waals surface area contributed by atoms with Crippen molar-refractivity contribution in [1.82, 2.24) is 10.1 Å². The topological polar surface area (TPSA) is 74.2 Å². The predicted octanol–water partition coefficient (Wildman–Crippen LogP) is 4.23. The molecule has 0 spiro atoms. The van der Waals surface area contributed by atoms with Crippen molar-refractivity contribution < 1.29 is 9.26 Å². The minimum Gasteiger partial charge on any atom is -0.489 e. The van der Waals surface area contributed by atoms with E-state index in [9.17, 15) is 0 Å². The molecule has 0 bridgehead atoms. The van der Waals surface area contributed by atoms with E-state index < -0.39 is 5.54 Å². The number of aromatic nitrogens is 2. The van der Waals surface area contributed by atoms with Gasteiger partial charge in [0.25, 0.3) is 0 Å². The second-order valence-electron chi connectivity index (χ2n) is 6.73. The lowest BCUT2D eigenvalue weighted by atomic mass is 9.77. The summed E-state index contributed by atoms with van der Waals surface area (Å²) >= 11 is 6.17. The molecule has 2 N–H and O–H groups in total. The van der Waals surface area contributed by atoms with Crippen molar-refractivity contribution in [1.29, 1.82) is 0 Å². The highest BCUT2D eigenvalue weighted by atomic mass is 35.5. The molecule has 1 aliphatic rings. The van der Waals surface area contributed by atoms with Gasteiger partial charge in [0.2, 0.25) is 5.89 Å². The molecule has 2 aromatic carbocycles. The number of hydrogen-bond donors (Lipinski definition) is 1. The maximum Gasteiger partial charge on any atom is 0.231 e. The summed E-state index contributed by atoms with van der Waals surface area (Å²) in [6.45, 7) is 0.420. The zero-order chi connectivity index (χ0) is 18.0. The van der Waals surface area contributed by atoms with Gasteiger partial charge in [0.1, 0.15) is 12.4 Å². The second-order valence-corrected chi connectivity index (χ2v) is 7.13. The maximum atomic E-state index is 6.25. The number of nitrogens with zero attached hydrogens (tertiary/aromatic N) is 2. The molecule has 1 aromatic heterocycles. The van der Waals surface area contributed by atoms with E-state index in [2.05, 4.69) is 10.1 Å². The Morgan fingerprint density at radius 2 is 2.00 bits per heavy atom. The van der Waals surface area contributed by atoms with Crippen molar-refractivity contribution in [2.45, 2.75) is 37.8 Å². The largest absolute Gasteiger partial charge is 0.489 e. The van der Waals surface area contributed by atoms with Crippen LogP contribution in [-0.2, 0) is 18.6 Å². The highest BCUT2D eigenvalue weighted by Crippen LogP contribution is 2.37. The molecule has 0 unspecified atom stereocenters. The fourth-order valence-electron chi connectivity index (χ4n) is 3.01. The van der Waals surface area contributed by atoms with Crippen LogP contribution in [0.5, 0.6) is 5.75 Å². The lowest BCUT2D eigenvalue weighted by molar-refractivity contribution is 0.229. The van der Waals surface area contributed by atoms with Crippen LogP contribution < -0.4 is 10.5 Å². The van der Waals surface area contributed by atoms with Gasteiger partial charge in [-0.25, -0.2) is 0 Å². The molecule has 1 aliphatic carbocycles. The van der Waals surface area contributed by atoms with Crippen molar-refractivity contribution in [2.24, 2.45) is 5.73 Å². The van der Waals surface area contributed by atoms with Crippen LogP contribution in [0.4, 0.5) is 0 Å². The van der Waals surface area contributed by atoms with E-state index >= 15 is 0 Å². The molecule has 4 rings (SSSR count). The molecule has 6 heteroatoms. The van der Waals surface area contributed by atoms with E-state index in [4.69, 9.17) is 26.6 Å². The highest BCUT2D eigenvalue weighted by Gasteiger charge is 2.38. The number of benzene rings is 2. The van der Waals surface area contributed by atoms with Gasteiger partial charge in [-0.3, -0.25) is 0 Å². The zero-order valence-corrected chi connectivity index (χ0v) is 15.1. The summed E-state index contributed by atoms with van der Waals surface area (Å²) < 4.78 is 11.2. The number of rotatable bonds is 6. The maximum absolute atomic E-state index is 6.25. The van der Waals surface area contributed by atoms with Gasteiger partial charge >= 0.3 is 0 Å². The quantitative estimate of drug-likeness (QED) is 0.703. The molecule has 0 amide bonds. The van der Waals surface area contributed by atoms with Gasteiger partial charge in [0.05, 0.1) is 12.0 Å². The van der Waals surface area contributed by atoms with Gasteiger partial charge in [0.15, 0.2) is 5.82 Å².